The van der Waals surface area contributed by atoms with Gasteiger partial charge >= 0.3 is 35.3 Å². The van der Waals surface area contributed by atoms with Gasteiger partial charge in [-0.2, -0.15) is 0 Å². The van der Waals surface area contributed by atoms with Gasteiger partial charge in [-0.25, -0.2) is 0 Å². The van der Waals surface area contributed by atoms with Crippen LogP contribution in [0.5, 0.6) is 34.5 Å². The summed E-state index contributed by atoms with van der Waals surface area (Å²) in [7, 11) is -2.82. The summed E-state index contributed by atoms with van der Waals surface area (Å²) < 4.78 is 25.7. The highest BCUT2D eigenvalue weighted by atomic mass is 127. The molecule has 15 aromatic rings. The lowest BCUT2D eigenvalue weighted by molar-refractivity contribution is 0.103. The number of anilines is 4. The van der Waals surface area contributed by atoms with Crippen LogP contribution in [0.1, 0.15) is 86.5 Å². The number of halogens is 2. The maximum absolute atomic E-state index is 12.2. The zero-order valence-corrected chi connectivity index (χ0v) is 77.8. The Morgan fingerprint density at radius 3 is 1.36 bits per heavy atom. The van der Waals surface area contributed by atoms with Gasteiger partial charge < -0.3 is 78.8 Å². The third-order valence-electron chi connectivity index (χ3n) is 25.0. The number of phenols is 2. The van der Waals surface area contributed by atoms with Gasteiger partial charge in [-0.15, -0.1) is 18.2 Å². The van der Waals surface area contributed by atoms with Crippen molar-refractivity contribution in [1.29, 1.82) is 0 Å². The van der Waals surface area contributed by atoms with Crippen LogP contribution in [0.2, 0.25) is 34.1 Å². The molecule has 4 atom stereocenters. The molecule has 8 N–H and O–H groups in total. The van der Waals surface area contributed by atoms with Gasteiger partial charge in [0.2, 0.25) is 0 Å². The highest BCUT2D eigenvalue weighted by Gasteiger charge is 2.66. The summed E-state index contributed by atoms with van der Waals surface area (Å²) >= 11 is 8.59. The van der Waals surface area contributed by atoms with Crippen LogP contribution in [0.25, 0.3) is 53.9 Å². The summed E-state index contributed by atoms with van der Waals surface area (Å²) in [5.41, 5.74) is 15.2. The van der Waals surface area contributed by atoms with Gasteiger partial charge in [0.05, 0.1) is 0 Å². The molecule has 0 bridgehead atoms. The first-order valence-electron chi connectivity index (χ1n) is 44.7. The highest BCUT2D eigenvalue weighted by Crippen LogP contribution is 2.66. The van der Waals surface area contributed by atoms with E-state index < -0.39 is 35.3 Å². The molecule has 1 unspecified atom stereocenters. The van der Waals surface area contributed by atoms with Crippen molar-refractivity contribution < 1.29 is 59.1 Å². The van der Waals surface area contributed by atoms with Gasteiger partial charge in [-0.05, 0) is 155 Å². The minimum absolute atomic E-state index is 0.0293. The van der Waals surface area contributed by atoms with Crippen molar-refractivity contribution in [2.75, 3.05) is 51.7 Å². The SMILES string of the molecule is C=CCN(B(C)O)c1cc(OCc2ccccc2)c2ccccc2c1I.CB(O)N1C[C@@H](CCl)c2c1cc(OCc1ccccc1)c1ccccc21.CB(O)N1C[C@H]2CC23C1=CC(=O)c1ccccc13.CB(O)Nc1cc(OCc2ccccc2)c2ccccc2c1C.CC[C@@H]1CN(B(C)O)c2cc(OCc3ccccc3)c3ccccc3c21.Oc1cc(O)c2ccccc2c1. The number of rotatable bonds is 23. The Labute approximate surface area is 788 Å². The number of phenolic OH excluding ortho intramolecular Hbond substituents is 2. The molecule has 3 heterocycles. The number of hydrogen-bond acceptors (Lipinski definition) is 17. The van der Waals surface area contributed by atoms with Crippen LogP contribution in [0.4, 0.5) is 22.7 Å². The van der Waals surface area contributed by atoms with Crippen molar-refractivity contribution in [1.82, 2.24) is 4.81 Å². The van der Waals surface area contributed by atoms with Gasteiger partial charge in [0.15, 0.2) is 5.78 Å². The molecule has 3 aliphatic heterocycles. The minimum atomic E-state index is -0.621. The Bertz CT molecular complexity index is 6400. The van der Waals surface area contributed by atoms with Crippen molar-refractivity contribution in [3.8, 4) is 34.5 Å². The van der Waals surface area contributed by atoms with E-state index >= 15 is 0 Å². The molecule has 1 saturated heterocycles. The standard InChI is InChI=1S/C22H24BNO2.C21H21BClNO2.C21H21BINO2.C19H20BNO2.C14H14BNO2.C10H8O2/c1-3-17-14-24(23(2)25)20-13-21(26-15-16-9-5-4-6-10-16)18-11-7-8-12-19(18)22(17)20;1-22(25)24-13-16(12-23)21-18-10-6-5-9-17(18)20(11-19(21)24)26-14-15-7-3-2-4-8-15;1-3-13-24(22(2)25)19-14-20(26-15-16-9-5-4-6-10-16)17-11-7-8-12-18(17)21(19)23;1-14-16-10-6-7-11-17(16)19(12-18(14)21-20(2)22)23-13-15-8-4-3-5-9-15;1-15(18)16-8-9-7-14(9)11-5-3-2-4-10(11)12(17)6-13(14)16;11-8-5-7-3-1-2-4-9(7)10(12)6-8/h4-13,17,25H,3,14-15H2,1-2H3;2-11,16,25H,12-14H2,1H3;3-12,14,25H,1,13,15H2,2H3;3-12,21-22H,13H2,1-2H3;2-6,9,18H,7-8H2,1H3;1-6,11-12H/t17-;16-;;;9-,14?;/m11..1./s1. The number of benzene rings is 15. The Morgan fingerprint density at radius 2 is 0.893 bits per heavy atom. The molecule has 0 radical (unpaired) electrons. The fourth-order valence-corrected chi connectivity index (χ4v) is 19.7. The lowest BCUT2D eigenvalue weighted by Crippen LogP contribution is -2.38. The first-order chi connectivity index (χ1) is 63.5. The zero-order chi connectivity index (χ0) is 92.0. The number of carbonyl (C=O) groups is 1. The smallest absolute Gasteiger partial charge is 0.409 e. The number of allylic oxidation sites excluding steroid dienone is 2. The van der Waals surface area contributed by atoms with Crippen molar-refractivity contribution >= 4 is 152 Å². The Kier molecular flexibility index (Phi) is 30.5. The molecule has 2 fully saturated rings. The molecule has 5 aliphatic rings. The lowest BCUT2D eigenvalue weighted by atomic mass is 9.78. The molecule has 15 aromatic carbocycles. The van der Waals surface area contributed by atoms with E-state index in [1.54, 1.807) is 45.5 Å². The predicted molar refractivity (Wildman–Crippen MR) is 551 cm³/mol. The summed E-state index contributed by atoms with van der Waals surface area (Å²) in [5.74, 6) is 5.36. The number of ketones is 1. The number of ether oxygens (including phenoxy) is 4. The van der Waals surface area contributed by atoms with Gasteiger partial charge in [0.25, 0.3) is 0 Å². The van der Waals surface area contributed by atoms with Crippen molar-refractivity contribution in [3.63, 3.8) is 0 Å². The average Bonchev–Trinajstić information content (AvgIpc) is 1.50. The first kappa shape index (κ1) is 93.4. The summed E-state index contributed by atoms with van der Waals surface area (Å²) in [5, 5.41) is 82.4. The quantitative estimate of drug-likeness (QED) is 0.0129. The summed E-state index contributed by atoms with van der Waals surface area (Å²) in [4.78, 5) is 20.2. The molecule has 2 aliphatic carbocycles. The number of nitrogens with zero attached hydrogens (tertiary/aromatic N) is 4. The molecule has 0 aromatic heterocycles. The van der Waals surface area contributed by atoms with Crippen molar-refractivity contribution in [3.05, 3.63) is 381 Å². The minimum Gasteiger partial charge on any atom is -0.508 e. The third kappa shape index (κ3) is 21.0. The largest absolute Gasteiger partial charge is 0.508 e. The Balaban J connectivity index is 0.000000122. The monoisotopic (exact) mass is 1870 g/mol. The predicted octanol–water partition coefficient (Wildman–Crippen LogP) is 22.6. The maximum Gasteiger partial charge on any atom is 0.409 e. The zero-order valence-electron chi connectivity index (χ0n) is 74.8. The third-order valence-corrected chi connectivity index (χ3v) is 26.5. The number of hydrogen-bond donors (Lipinski definition) is 8. The van der Waals surface area contributed by atoms with E-state index in [0.717, 1.165) is 169 Å². The molecule has 1 saturated carbocycles. The molecule has 0 amide bonds. The average molecular weight is 1870 g/mol. The van der Waals surface area contributed by atoms with E-state index in [2.05, 4.69) is 161 Å². The number of piperidine rings is 1. The summed E-state index contributed by atoms with van der Waals surface area (Å²) in [6, 6.07) is 100. The van der Waals surface area contributed by atoms with Crippen LogP contribution in [0.15, 0.2) is 328 Å². The van der Waals surface area contributed by atoms with Gasteiger partial charge in [0, 0.05) is 156 Å². The highest BCUT2D eigenvalue weighted by molar-refractivity contribution is 14.1. The normalized spacial score (nSPS) is 15.6. The molecule has 17 nitrogen and oxygen atoms in total. The Hall–Kier alpha value is -12.3. The van der Waals surface area contributed by atoms with Crippen molar-refractivity contribution in [2.45, 2.75) is 104 Å². The van der Waals surface area contributed by atoms with E-state index in [1.807, 2.05) is 204 Å². The van der Waals surface area contributed by atoms with Crippen molar-refractivity contribution in [2.24, 2.45) is 5.92 Å². The van der Waals surface area contributed by atoms with E-state index in [1.165, 1.54) is 28.1 Å². The molecule has 20 rings (SSSR count). The number of aromatic hydroxyl groups is 2. The van der Waals surface area contributed by atoms with E-state index in [-0.39, 0.29) is 28.6 Å². The van der Waals surface area contributed by atoms with Crippen LogP contribution in [-0.2, 0) is 31.8 Å². The second-order valence-electron chi connectivity index (χ2n) is 33.8. The Morgan fingerprint density at radius 1 is 0.489 bits per heavy atom. The number of nitrogens with one attached hydrogen (secondary N) is 1. The van der Waals surface area contributed by atoms with Gasteiger partial charge in [-0.1, -0.05) is 280 Å². The van der Waals surface area contributed by atoms with Crippen LogP contribution >= 0.6 is 34.2 Å². The lowest BCUT2D eigenvalue weighted by Gasteiger charge is -2.31. The van der Waals surface area contributed by atoms with Crippen LogP contribution < -0.4 is 38.6 Å². The van der Waals surface area contributed by atoms with Crippen LogP contribution in [0, 0.1) is 16.4 Å². The van der Waals surface area contributed by atoms with Gasteiger partial charge in [0.1, 0.15) is 60.9 Å². The molecular weight excluding hydrogens is 1760 g/mol. The van der Waals surface area contributed by atoms with E-state index in [0.29, 0.717) is 50.7 Å². The summed E-state index contributed by atoms with van der Waals surface area (Å²) in [6.07, 6.45) is 5.71. The molecule has 662 valence electrons. The van der Waals surface area contributed by atoms with E-state index in [9.17, 15) is 35.0 Å². The first-order valence-corrected chi connectivity index (χ1v) is 46.4. The second-order valence-corrected chi connectivity index (χ2v) is 35.2. The molecule has 131 heavy (non-hydrogen) atoms. The number of aryl methyl sites for hydroxylation is 1. The fourth-order valence-electron chi connectivity index (χ4n) is 18.5. The van der Waals surface area contributed by atoms with Gasteiger partial charge in [-0.3, -0.25) is 4.79 Å². The van der Waals surface area contributed by atoms with Crippen LogP contribution in [-0.4, -0.2) is 113 Å². The number of alkyl halides is 1. The summed E-state index contributed by atoms with van der Waals surface area (Å²) in [6.45, 7) is 22.0. The molecular formula is C107H108B5ClIN5O12. The number of carbonyl (C=O) groups excluding carboxylic acids is 1. The van der Waals surface area contributed by atoms with Crippen LogP contribution in [0.3, 0.4) is 0 Å². The molecule has 1 spiro atoms. The fraction of sp³-hybridized carbons (Fsp3) is 0.206. The maximum atomic E-state index is 12.2. The molecule has 24 heteroatoms. The topological polar surface area (TPSA) is 221 Å². The second kappa shape index (κ2) is 42.7. The van der Waals surface area contributed by atoms with E-state index in [4.69, 9.17) is 35.7 Å². The number of fused-ring (bicyclic) bond motifs is 10.